The minimum absolute atomic E-state index is 0.105. The molecule has 5 atom stereocenters. The van der Waals surface area contributed by atoms with Crippen LogP contribution in [0.4, 0.5) is 0 Å². The van der Waals surface area contributed by atoms with Crippen LogP contribution in [0.1, 0.15) is 66.2 Å². The number of carboxylic acid groups (broad SMARTS) is 1. The molecule has 5 unspecified atom stereocenters. The monoisotopic (exact) mass is 503 g/mol. The number of unbranched alkanes of at least 4 members (excludes halogenated alkanes) is 1. The van der Waals surface area contributed by atoms with Crippen LogP contribution < -0.4 is 27.4 Å². The van der Waals surface area contributed by atoms with Gasteiger partial charge in [0.15, 0.2) is 0 Å². The number of carbonyl (C=O) groups is 4. The Morgan fingerprint density at radius 1 is 0.912 bits per heavy atom. The molecule has 198 valence electrons. The SMILES string of the molecule is CCC(C)C(NC(=O)C(CC(C)C)NC(=O)C(N)CCSC)C(=O)NC(CCCCN)C(=O)O. The summed E-state index contributed by atoms with van der Waals surface area (Å²) >= 11 is 1.58. The summed E-state index contributed by atoms with van der Waals surface area (Å²) in [7, 11) is 0. The first-order valence-corrected chi connectivity index (χ1v) is 13.5. The van der Waals surface area contributed by atoms with Crippen molar-refractivity contribution in [1.82, 2.24) is 16.0 Å². The van der Waals surface area contributed by atoms with E-state index in [9.17, 15) is 24.3 Å². The highest BCUT2D eigenvalue weighted by Gasteiger charge is 2.32. The third kappa shape index (κ3) is 12.6. The lowest BCUT2D eigenvalue weighted by molar-refractivity contribution is -0.143. The third-order valence-electron chi connectivity index (χ3n) is 5.66. The fourth-order valence-corrected chi connectivity index (χ4v) is 3.81. The van der Waals surface area contributed by atoms with Crippen molar-refractivity contribution >= 4 is 35.5 Å². The summed E-state index contributed by atoms with van der Waals surface area (Å²) in [5.41, 5.74) is 11.4. The van der Waals surface area contributed by atoms with Crippen molar-refractivity contribution in [3.63, 3.8) is 0 Å². The molecule has 0 aromatic carbocycles. The minimum atomic E-state index is -1.14. The second-order valence-electron chi connectivity index (χ2n) is 9.13. The van der Waals surface area contributed by atoms with Crippen LogP contribution in [-0.4, -0.2) is 71.5 Å². The second-order valence-corrected chi connectivity index (χ2v) is 10.1. The molecule has 0 aromatic rings. The second kappa shape index (κ2) is 17.6. The van der Waals surface area contributed by atoms with E-state index in [4.69, 9.17) is 11.5 Å². The van der Waals surface area contributed by atoms with E-state index >= 15 is 0 Å². The van der Waals surface area contributed by atoms with Gasteiger partial charge in [-0.15, -0.1) is 0 Å². The summed E-state index contributed by atoms with van der Waals surface area (Å²) in [6.45, 7) is 7.99. The van der Waals surface area contributed by atoms with Gasteiger partial charge in [0.25, 0.3) is 0 Å². The lowest BCUT2D eigenvalue weighted by Crippen LogP contribution is -2.58. The molecule has 11 heteroatoms. The van der Waals surface area contributed by atoms with Gasteiger partial charge in [0.05, 0.1) is 6.04 Å². The van der Waals surface area contributed by atoms with Crippen molar-refractivity contribution < 1.29 is 24.3 Å². The fraction of sp³-hybridized carbons (Fsp3) is 0.826. The van der Waals surface area contributed by atoms with E-state index in [-0.39, 0.29) is 18.3 Å². The number of carboxylic acids is 1. The van der Waals surface area contributed by atoms with Crippen LogP contribution in [0.25, 0.3) is 0 Å². The van der Waals surface area contributed by atoms with Gasteiger partial charge < -0.3 is 32.5 Å². The number of thioether (sulfide) groups is 1. The molecule has 0 heterocycles. The fourth-order valence-electron chi connectivity index (χ4n) is 3.33. The van der Waals surface area contributed by atoms with E-state index in [0.717, 1.165) is 5.75 Å². The molecule has 0 aliphatic heterocycles. The van der Waals surface area contributed by atoms with Gasteiger partial charge >= 0.3 is 5.97 Å². The smallest absolute Gasteiger partial charge is 0.326 e. The van der Waals surface area contributed by atoms with Gasteiger partial charge in [0.1, 0.15) is 18.1 Å². The Bertz CT molecular complexity index is 649. The summed E-state index contributed by atoms with van der Waals surface area (Å²) in [6, 6.07) is -3.59. The molecule has 3 amide bonds. The zero-order valence-electron chi connectivity index (χ0n) is 21.3. The summed E-state index contributed by atoms with van der Waals surface area (Å²) < 4.78 is 0. The lowest BCUT2D eigenvalue weighted by Gasteiger charge is -2.28. The number of nitrogens with two attached hydrogens (primary N) is 2. The van der Waals surface area contributed by atoms with Gasteiger partial charge in [0.2, 0.25) is 17.7 Å². The van der Waals surface area contributed by atoms with Crippen LogP contribution in [0.15, 0.2) is 0 Å². The zero-order chi connectivity index (χ0) is 26.3. The van der Waals surface area contributed by atoms with E-state index < -0.39 is 47.9 Å². The highest BCUT2D eigenvalue weighted by molar-refractivity contribution is 7.98. The Hall–Kier alpha value is -1.85. The molecular weight excluding hydrogens is 458 g/mol. The summed E-state index contributed by atoms with van der Waals surface area (Å²) in [4.78, 5) is 50.3. The van der Waals surface area contributed by atoms with Gasteiger partial charge in [-0.25, -0.2) is 4.79 Å². The first-order valence-electron chi connectivity index (χ1n) is 12.1. The van der Waals surface area contributed by atoms with Gasteiger partial charge in [-0.3, -0.25) is 14.4 Å². The summed E-state index contributed by atoms with van der Waals surface area (Å²) in [5.74, 6) is -2.02. The first kappa shape index (κ1) is 32.1. The minimum Gasteiger partial charge on any atom is -0.480 e. The number of aliphatic carboxylic acids is 1. The van der Waals surface area contributed by atoms with E-state index in [2.05, 4.69) is 16.0 Å². The third-order valence-corrected chi connectivity index (χ3v) is 6.31. The summed E-state index contributed by atoms with van der Waals surface area (Å²) in [6.07, 6.45) is 4.84. The molecule has 8 N–H and O–H groups in total. The lowest BCUT2D eigenvalue weighted by atomic mass is 9.96. The quantitative estimate of drug-likeness (QED) is 0.149. The molecular formula is C23H45N5O5S. The number of carbonyl (C=O) groups excluding carboxylic acids is 3. The molecule has 0 rings (SSSR count). The zero-order valence-corrected chi connectivity index (χ0v) is 22.1. The van der Waals surface area contributed by atoms with E-state index in [0.29, 0.717) is 38.6 Å². The summed E-state index contributed by atoms with van der Waals surface area (Å²) in [5, 5.41) is 17.5. The highest BCUT2D eigenvalue weighted by atomic mass is 32.2. The van der Waals surface area contributed by atoms with Crippen LogP contribution in [0.3, 0.4) is 0 Å². The Balaban J connectivity index is 5.46. The normalized spacial score (nSPS) is 15.6. The molecule has 0 aromatic heterocycles. The van der Waals surface area contributed by atoms with Gasteiger partial charge in [-0.2, -0.15) is 11.8 Å². The molecule has 0 aliphatic carbocycles. The Kier molecular flexibility index (Phi) is 16.6. The van der Waals surface area contributed by atoms with Crippen LogP contribution >= 0.6 is 11.8 Å². The van der Waals surface area contributed by atoms with Gasteiger partial charge in [-0.05, 0) is 62.5 Å². The predicted molar refractivity (Wildman–Crippen MR) is 136 cm³/mol. The molecule has 0 fully saturated rings. The standard InChI is InChI=1S/C23H45N5O5S/c1-6-15(4)19(22(31)26-17(23(32)33)9-7-8-11-24)28-21(30)18(13-14(2)3)27-20(29)16(25)10-12-34-5/h14-19H,6-13,24-25H2,1-5H3,(H,26,31)(H,27,29)(H,28,30)(H,32,33). The molecule has 0 spiro atoms. The van der Waals surface area contributed by atoms with Crippen molar-refractivity contribution in [1.29, 1.82) is 0 Å². The molecule has 0 radical (unpaired) electrons. The number of hydrogen-bond donors (Lipinski definition) is 6. The Morgan fingerprint density at radius 2 is 1.53 bits per heavy atom. The average Bonchev–Trinajstić information content (AvgIpc) is 2.78. The largest absolute Gasteiger partial charge is 0.480 e. The Morgan fingerprint density at radius 3 is 2.03 bits per heavy atom. The maximum atomic E-state index is 13.1. The maximum Gasteiger partial charge on any atom is 0.326 e. The van der Waals surface area contributed by atoms with Gasteiger partial charge in [0, 0.05) is 0 Å². The predicted octanol–water partition coefficient (Wildman–Crippen LogP) is 0.827. The van der Waals surface area contributed by atoms with E-state index in [1.54, 1.807) is 11.8 Å². The van der Waals surface area contributed by atoms with Crippen molar-refractivity contribution in [2.45, 2.75) is 90.4 Å². The van der Waals surface area contributed by atoms with Gasteiger partial charge in [-0.1, -0.05) is 34.1 Å². The van der Waals surface area contributed by atoms with Crippen molar-refractivity contribution in [3.05, 3.63) is 0 Å². The van der Waals surface area contributed by atoms with Crippen LogP contribution in [0, 0.1) is 11.8 Å². The average molecular weight is 504 g/mol. The van der Waals surface area contributed by atoms with Crippen LogP contribution in [0.2, 0.25) is 0 Å². The number of amides is 3. The maximum absolute atomic E-state index is 13.1. The van der Waals surface area contributed by atoms with Crippen LogP contribution in [-0.2, 0) is 19.2 Å². The molecule has 0 aliphatic rings. The van der Waals surface area contributed by atoms with Crippen molar-refractivity contribution in [2.75, 3.05) is 18.6 Å². The first-order chi connectivity index (χ1) is 16.0. The highest BCUT2D eigenvalue weighted by Crippen LogP contribution is 2.12. The number of nitrogens with one attached hydrogen (secondary N) is 3. The number of rotatable bonds is 18. The molecule has 34 heavy (non-hydrogen) atoms. The Labute approximate surface area is 208 Å². The number of hydrogen-bond acceptors (Lipinski definition) is 7. The molecule has 0 bridgehead atoms. The molecule has 10 nitrogen and oxygen atoms in total. The van der Waals surface area contributed by atoms with E-state index in [1.807, 2.05) is 34.0 Å². The van der Waals surface area contributed by atoms with Crippen molar-refractivity contribution in [2.24, 2.45) is 23.3 Å². The van der Waals surface area contributed by atoms with Crippen molar-refractivity contribution in [3.8, 4) is 0 Å². The van der Waals surface area contributed by atoms with Crippen LogP contribution in [0.5, 0.6) is 0 Å². The topological polar surface area (TPSA) is 177 Å². The molecule has 0 saturated carbocycles. The van der Waals surface area contributed by atoms with E-state index in [1.165, 1.54) is 0 Å². The molecule has 0 saturated heterocycles.